The number of aromatic nitrogens is 2. The molecule has 1 amide bonds. The first-order valence-corrected chi connectivity index (χ1v) is 9.74. The molecular formula is C22H22FN3O3. The Balaban J connectivity index is 1.68. The van der Waals surface area contributed by atoms with E-state index in [-0.39, 0.29) is 30.4 Å². The van der Waals surface area contributed by atoms with Crippen LogP contribution in [0.4, 0.5) is 4.39 Å². The van der Waals surface area contributed by atoms with Gasteiger partial charge >= 0.3 is 5.69 Å². The molecule has 7 heteroatoms. The van der Waals surface area contributed by atoms with E-state index in [4.69, 9.17) is 0 Å². The van der Waals surface area contributed by atoms with Crippen LogP contribution in [0.1, 0.15) is 31.7 Å². The number of benzene rings is 2. The molecule has 0 unspecified atom stereocenters. The van der Waals surface area contributed by atoms with E-state index in [2.05, 4.69) is 5.32 Å². The largest absolute Gasteiger partial charge is 0.345 e. The number of rotatable bonds is 5. The molecule has 6 nitrogen and oxygen atoms in total. The SMILES string of the molecule is CCn1c(=O)c2ccccc2n(CC(=O)NC2(c3ccc(F)cc3)CCC2)c1=O. The molecule has 1 aliphatic carbocycles. The summed E-state index contributed by atoms with van der Waals surface area (Å²) < 4.78 is 15.8. The first-order chi connectivity index (χ1) is 13.9. The Bertz CT molecular complexity index is 1190. The van der Waals surface area contributed by atoms with Gasteiger partial charge in [-0.3, -0.25) is 18.7 Å². The summed E-state index contributed by atoms with van der Waals surface area (Å²) in [4.78, 5) is 38.3. The van der Waals surface area contributed by atoms with Gasteiger partial charge in [0.15, 0.2) is 0 Å². The number of carbonyl (C=O) groups excluding carboxylic acids is 1. The van der Waals surface area contributed by atoms with Crippen molar-refractivity contribution in [1.82, 2.24) is 14.5 Å². The molecule has 0 spiro atoms. The van der Waals surface area contributed by atoms with Gasteiger partial charge in [-0.05, 0) is 56.0 Å². The van der Waals surface area contributed by atoms with E-state index in [1.165, 1.54) is 16.7 Å². The molecule has 29 heavy (non-hydrogen) atoms. The van der Waals surface area contributed by atoms with Crippen molar-refractivity contribution in [3.05, 3.63) is 80.7 Å². The molecule has 4 rings (SSSR count). The summed E-state index contributed by atoms with van der Waals surface area (Å²) in [7, 11) is 0. The lowest BCUT2D eigenvalue weighted by molar-refractivity contribution is -0.125. The van der Waals surface area contributed by atoms with Gasteiger partial charge in [-0.2, -0.15) is 0 Å². The van der Waals surface area contributed by atoms with Crippen LogP contribution in [0, 0.1) is 5.82 Å². The van der Waals surface area contributed by atoms with Crippen LogP contribution < -0.4 is 16.6 Å². The maximum Gasteiger partial charge on any atom is 0.331 e. The number of fused-ring (bicyclic) bond motifs is 1. The molecule has 1 aromatic heterocycles. The fraction of sp³-hybridized carbons (Fsp3) is 0.318. The van der Waals surface area contributed by atoms with Crippen molar-refractivity contribution in [3.63, 3.8) is 0 Å². The topological polar surface area (TPSA) is 73.1 Å². The summed E-state index contributed by atoms with van der Waals surface area (Å²) in [6.45, 7) is 1.76. The Morgan fingerprint density at radius 3 is 2.38 bits per heavy atom. The van der Waals surface area contributed by atoms with Crippen LogP contribution in [0.5, 0.6) is 0 Å². The van der Waals surface area contributed by atoms with E-state index in [0.717, 1.165) is 29.4 Å². The third-order valence-electron chi connectivity index (χ3n) is 5.73. The zero-order chi connectivity index (χ0) is 20.6. The monoisotopic (exact) mass is 395 g/mol. The normalized spacial score (nSPS) is 15.1. The second kappa shape index (κ2) is 7.31. The smallest absolute Gasteiger partial charge is 0.331 e. The number of carbonyl (C=O) groups is 1. The van der Waals surface area contributed by atoms with Gasteiger partial charge in [0.05, 0.1) is 16.4 Å². The van der Waals surface area contributed by atoms with Crippen LogP contribution in [0.3, 0.4) is 0 Å². The van der Waals surface area contributed by atoms with Crippen molar-refractivity contribution in [2.45, 2.75) is 44.8 Å². The molecule has 0 saturated heterocycles. The second-order valence-electron chi connectivity index (χ2n) is 7.43. The standard InChI is InChI=1S/C22H22FN3O3/c1-2-25-20(28)17-6-3-4-7-18(17)26(21(25)29)14-19(27)24-22(12-5-13-22)15-8-10-16(23)11-9-15/h3-4,6-11H,2,5,12-14H2,1H3,(H,24,27). The number of amides is 1. The van der Waals surface area contributed by atoms with Crippen molar-refractivity contribution in [3.8, 4) is 0 Å². The molecule has 0 aliphatic heterocycles. The predicted molar refractivity (Wildman–Crippen MR) is 108 cm³/mol. The van der Waals surface area contributed by atoms with E-state index < -0.39 is 11.2 Å². The van der Waals surface area contributed by atoms with E-state index in [0.29, 0.717) is 10.9 Å². The van der Waals surface area contributed by atoms with Crippen molar-refractivity contribution in [2.24, 2.45) is 0 Å². The van der Waals surface area contributed by atoms with Crippen LogP contribution in [0.15, 0.2) is 58.1 Å². The van der Waals surface area contributed by atoms with Gasteiger partial charge in [0, 0.05) is 6.54 Å². The van der Waals surface area contributed by atoms with Crippen molar-refractivity contribution in [1.29, 1.82) is 0 Å². The number of hydrogen-bond acceptors (Lipinski definition) is 3. The highest BCUT2D eigenvalue weighted by molar-refractivity contribution is 5.82. The highest BCUT2D eigenvalue weighted by atomic mass is 19.1. The fourth-order valence-electron chi connectivity index (χ4n) is 4.04. The van der Waals surface area contributed by atoms with E-state index in [1.54, 1.807) is 43.3 Å². The number of nitrogens with zero attached hydrogens (tertiary/aromatic N) is 2. The number of nitrogens with one attached hydrogen (secondary N) is 1. The van der Waals surface area contributed by atoms with Gasteiger partial charge in [-0.25, -0.2) is 9.18 Å². The molecule has 1 aliphatic rings. The highest BCUT2D eigenvalue weighted by Gasteiger charge is 2.40. The third-order valence-corrected chi connectivity index (χ3v) is 5.73. The first kappa shape index (κ1) is 19.1. The molecule has 1 fully saturated rings. The summed E-state index contributed by atoms with van der Waals surface area (Å²) >= 11 is 0. The van der Waals surface area contributed by atoms with E-state index in [1.807, 2.05) is 0 Å². The first-order valence-electron chi connectivity index (χ1n) is 9.74. The number of halogens is 1. The quantitative estimate of drug-likeness (QED) is 0.722. The minimum absolute atomic E-state index is 0.192. The predicted octanol–water partition coefficient (Wildman–Crippen LogP) is 2.52. The second-order valence-corrected chi connectivity index (χ2v) is 7.43. The average molecular weight is 395 g/mol. The summed E-state index contributed by atoms with van der Waals surface area (Å²) in [5.74, 6) is -0.642. The molecule has 150 valence electrons. The van der Waals surface area contributed by atoms with Crippen molar-refractivity contribution in [2.75, 3.05) is 0 Å². The molecule has 0 bridgehead atoms. The van der Waals surface area contributed by atoms with Gasteiger partial charge in [-0.15, -0.1) is 0 Å². The number of para-hydroxylation sites is 1. The minimum Gasteiger partial charge on any atom is -0.345 e. The van der Waals surface area contributed by atoms with Crippen LogP contribution in [-0.4, -0.2) is 15.0 Å². The Hall–Kier alpha value is -3.22. The Kier molecular flexibility index (Phi) is 4.82. The molecule has 0 atom stereocenters. The van der Waals surface area contributed by atoms with Gasteiger partial charge in [-0.1, -0.05) is 24.3 Å². The zero-order valence-corrected chi connectivity index (χ0v) is 16.2. The summed E-state index contributed by atoms with van der Waals surface area (Å²) in [5, 5.41) is 3.45. The Morgan fingerprint density at radius 2 is 1.76 bits per heavy atom. The molecule has 2 aromatic carbocycles. The van der Waals surface area contributed by atoms with Crippen LogP contribution >= 0.6 is 0 Å². The van der Waals surface area contributed by atoms with Gasteiger partial charge in [0.2, 0.25) is 5.91 Å². The van der Waals surface area contributed by atoms with Gasteiger partial charge in [0.25, 0.3) is 5.56 Å². The Morgan fingerprint density at radius 1 is 1.07 bits per heavy atom. The van der Waals surface area contributed by atoms with Crippen LogP contribution in [0.2, 0.25) is 0 Å². The summed E-state index contributed by atoms with van der Waals surface area (Å²) in [5.41, 5.74) is -0.105. The number of hydrogen-bond donors (Lipinski definition) is 1. The van der Waals surface area contributed by atoms with Crippen LogP contribution in [-0.2, 0) is 23.4 Å². The fourth-order valence-corrected chi connectivity index (χ4v) is 4.04. The maximum absolute atomic E-state index is 13.3. The zero-order valence-electron chi connectivity index (χ0n) is 16.2. The molecular weight excluding hydrogens is 373 g/mol. The third kappa shape index (κ3) is 3.26. The van der Waals surface area contributed by atoms with E-state index >= 15 is 0 Å². The highest BCUT2D eigenvalue weighted by Crippen LogP contribution is 2.41. The average Bonchev–Trinajstić information content (AvgIpc) is 2.69. The molecule has 1 heterocycles. The molecule has 1 saturated carbocycles. The lowest BCUT2D eigenvalue weighted by atomic mass is 9.72. The summed E-state index contributed by atoms with van der Waals surface area (Å²) in [6, 6.07) is 12.9. The lowest BCUT2D eigenvalue weighted by Gasteiger charge is -2.43. The minimum atomic E-state index is -0.538. The Labute approximate surface area is 166 Å². The van der Waals surface area contributed by atoms with E-state index in [9.17, 15) is 18.8 Å². The van der Waals surface area contributed by atoms with Gasteiger partial charge in [0.1, 0.15) is 12.4 Å². The van der Waals surface area contributed by atoms with Gasteiger partial charge < -0.3 is 5.32 Å². The maximum atomic E-state index is 13.3. The van der Waals surface area contributed by atoms with Crippen molar-refractivity contribution < 1.29 is 9.18 Å². The molecule has 3 aromatic rings. The molecule has 1 N–H and O–H groups in total. The van der Waals surface area contributed by atoms with Crippen molar-refractivity contribution >= 4 is 16.8 Å². The summed E-state index contributed by atoms with van der Waals surface area (Å²) in [6.07, 6.45) is 2.48. The van der Waals surface area contributed by atoms with Crippen LogP contribution in [0.25, 0.3) is 10.9 Å². The molecule has 0 radical (unpaired) electrons. The lowest BCUT2D eigenvalue weighted by Crippen LogP contribution is -2.52.